The molecule has 0 aliphatic heterocycles. The molecule has 4 heteroatoms. The van der Waals surface area contributed by atoms with Crippen LogP contribution < -0.4 is 5.32 Å². The van der Waals surface area contributed by atoms with Gasteiger partial charge in [-0.15, -0.1) is 0 Å². The minimum atomic E-state index is -0.267. The molecule has 1 heterocycles. The highest BCUT2D eigenvalue weighted by molar-refractivity contribution is 5.75. The van der Waals surface area contributed by atoms with E-state index in [1.807, 2.05) is 6.07 Å². The number of rotatable bonds is 4. The van der Waals surface area contributed by atoms with Crippen molar-refractivity contribution in [2.24, 2.45) is 0 Å². The largest absolute Gasteiger partial charge is 0.342 e. The van der Waals surface area contributed by atoms with E-state index in [0.29, 0.717) is 11.6 Å². The van der Waals surface area contributed by atoms with E-state index in [-0.39, 0.29) is 5.82 Å². The number of hydrogen-bond donors (Lipinski definition) is 2. The van der Waals surface area contributed by atoms with Crippen LogP contribution in [0.3, 0.4) is 0 Å². The predicted molar refractivity (Wildman–Crippen MR) is 62.9 cm³/mol. The molecule has 0 unspecified atom stereocenters. The molecule has 0 saturated carbocycles. The van der Waals surface area contributed by atoms with Gasteiger partial charge in [0.25, 0.3) is 0 Å². The molecule has 0 amide bonds. The zero-order chi connectivity index (χ0) is 11.5. The van der Waals surface area contributed by atoms with E-state index in [9.17, 15) is 4.39 Å². The van der Waals surface area contributed by atoms with Gasteiger partial charge in [0, 0.05) is 19.0 Å². The average molecular weight is 221 g/mol. The minimum Gasteiger partial charge on any atom is -0.342 e. The Bertz CT molecular complexity index is 476. The molecule has 0 spiro atoms. The summed E-state index contributed by atoms with van der Waals surface area (Å²) in [6, 6.07) is 5.41. The third kappa shape index (κ3) is 2.39. The van der Waals surface area contributed by atoms with Crippen LogP contribution in [0.25, 0.3) is 11.0 Å². The maximum absolute atomic E-state index is 13.4. The first-order chi connectivity index (χ1) is 7.66. The lowest BCUT2D eigenvalue weighted by molar-refractivity contribution is 0.584. The summed E-state index contributed by atoms with van der Waals surface area (Å²) in [5, 5.41) is 3.30. The SMILES string of the molecule is CC(C)NCCc1nc2c(F)cccc2[nH]1. The number of benzene rings is 1. The summed E-state index contributed by atoms with van der Waals surface area (Å²) in [4.78, 5) is 7.36. The second-order valence-electron chi connectivity index (χ2n) is 4.18. The summed E-state index contributed by atoms with van der Waals surface area (Å²) in [5.74, 6) is 0.560. The molecule has 86 valence electrons. The van der Waals surface area contributed by atoms with Crippen LogP contribution in [0.5, 0.6) is 0 Å². The molecule has 0 bridgehead atoms. The summed E-state index contributed by atoms with van der Waals surface area (Å²) in [5.41, 5.74) is 1.20. The smallest absolute Gasteiger partial charge is 0.151 e. The van der Waals surface area contributed by atoms with Crippen molar-refractivity contribution >= 4 is 11.0 Å². The molecule has 3 nitrogen and oxygen atoms in total. The Kier molecular flexibility index (Phi) is 3.19. The quantitative estimate of drug-likeness (QED) is 0.831. The van der Waals surface area contributed by atoms with Crippen molar-refractivity contribution in [3.63, 3.8) is 0 Å². The van der Waals surface area contributed by atoms with Crippen molar-refractivity contribution in [2.75, 3.05) is 6.54 Å². The van der Waals surface area contributed by atoms with E-state index >= 15 is 0 Å². The molecule has 1 aromatic heterocycles. The number of aromatic nitrogens is 2. The van der Waals surface area contributed by atoms with Gasteiger partial charge in [-0.3, -0.25) is 0 Å². The number of imidazole rings is 1. The highest BCUT2D eigenvalue weighted by Crippen LogP contribution is 2.14. The zero-order valence-corrected chi connectivity index (χ0v) is 9.55. The first kappa shape index (κ1) is 11.1. The van der Waals surface area contributed by atoms with Gasteiger partial charge in [0.05, 0.1) is 5.52 Å². The van der Waals surface area contributed by atoms with Crippen molar-refractivity contribution < 1.29 is 4.39 Å². The summed E-state index contributed by atoms with van der Waals surface area (Å²) in [6.07, 6.45) is 0.784. The van der Waals surface area contributed by atoms with Gasteiger partial charge in [0.15, 0.2) is 5.82 Å². The fraction of sp³-hybridized carbons (Fsp3) is 0.417. The molecule has 1 aromatic carbocycles. The normalized spacial score (nSPS) is 11.5. The van der Waals surface area contributed by atoms with Crippen LogP contribution in [-0.4, -0.2) is 22.6 Å². The number of hydrogen-bond acceptors (Lipinski definition) is 2. The molecule has 2 aromatic rings. The summed E-state index contributed by atoms with van der Waals surface area (Å²) >= 11 is 0. The standard InChI is InChI=1S/C12H16FN3/c1-8(2)14-7-6-11-15-10-5-3-4-9(13)12(10)16-11/h3-5,8,14H,6-7H2,1-2H3,(H,15,16). The van der Waals surface area contributed by atoms with Gasteiger partial charge in [-0.2, -0.15) is 0 Å². The van der Waals surface area contributed by atoms with Gasteiger partial charge in [-0.05, 0) is 12.1 Å². The van der Waals surface area contributed by atoms with Gasteiger partial charge >= 0.3 is 0 Å². The van der Waals surface area contributed by atoms with E-state index in [4.69, 9.17) is 0 Å². The van der Waals surface area contributed by atoms with E-state index in [1.165, 1.54) is 6.07 Å². The van der Waals surface area contributed by atoms with Crippen LogP contribution in [0, 0.1) is 5.82 Å². The molecule has 2 rings (SSSR count). The number of para-hydroxylation sites is 1. The maximum Gasteiger partial charge on any atom is 0.151 e. The number of H-pyrrole nitrogens is 1. The van der Waals surface area contributed by atoms with Crippen LogP contribution in [0.4, 0.5) is 4.39 Å². The van der Waals surface area contributed by atoms with Crippen molar-refractivity contribution in [1.82, 2.24) is 15.3 Å². The Morgan fingerprint density at radius 1 is 1.44 bits per heavy atom. The monoisotopic (exact) mass is 221 g/mol. The number of fused-ring (bicyclic) bond motifs is 1. The Hall–Kier alpha value is -1.42. The van der Waals surface area contributed by atoms with Gasteiger partial charge in [0.2, 0.25) is 0 Å². The molecule has 2 N–H and O–H groups in total. The van der Waals surface area contributed by atoms with Crippen molar-refractivity contribution in [3.05, 3.63) is 29.8 Å². The first-order valence-electron chi connectivity index (χ1n) is 5.53. The van der Waals surface area contributed by atoms with Crippen LogP contribution >= 0.6 is 0 Å². The van der Waals surface area contributed by atoms with Crippen LogP contribution in [0.1, 0.15) is 19.7 Å². The van der Waals surface area contributed by atoms with Gasteiger partial charge in [-0.1, -0.05) is 19.9 Å². The molecule has 0 aliphatic carbocycles. The third-order valence-corrected chi connectivity index (χ3v) is 2.43. The highest BCUT2D eigenvalue weighted by Gasteiger charge is 2.06. The number of halogens is 1. The lowest BCUT2D eigenvalue weighted by atomic mass is 10.3. The molecule has 0 atom stereocenters. The second-order valence-corrected chi connectivity index (χ2v) is 4.18. The fourth-order valence-corrected chi connectivity index (χ4v) is 1.65. The first-order valence-corrected chi connectivity index (χ1v) is 5.53. The fourth-order valence-electron chi connectivity index (χ4n) is 1.65. The van der Waals surface area contributed by atoms with Gasteiger partial charge < -0.3 is 10.3 Å². The van der Waals surface area contributed by atoms with E-state index in [0.717, 1.165) is 24.3 Å². The summed E-state index contributed by atoms with van der Waals surface area (Å²) < 4.78 is 13.4. The Balaban J connectivity index is 2.11. The van der Waals surface area contributed by atoms with Crippen molar-refractivity contribution in [2.45, 2.75) is 26.3 Å². The van der Waals surface area contributed by atoms with Crippen LogP contribution in [-0.2, 0) is 6.42 Å². The Labute approximate surface area is 94.1 Å². The third-order valence-electron chi connectivity index (χ3n) is 2.43. The average Bonchev–Trinajstić information content (AvgIpc) is 2.61. The number of aromatic amines is 1. The lowest BCUT2D eigenvalue weighted by Crippen LogP contribution is -2.25. The topological polar surface area (TPSA) is 40.7 Å². The van der Waals surface area contributed by atoms with Crippen LogP contribution in [0.2, 0.25) is 0 Å². The summed E-state index contributed by atoms with van der Waals surface area (Å²) in [7, 11) is 0. The number of nitrogens with one attached hydrogen (secondary N) is 2. The molecule has 0 aliphatic rings. The number of nitrogens with zero attached hydrogens (tertiary/aromatic N) is 1. The van der Waals surface area contributed by atoms with E-state index < -0.39 is 0 Å². The predicted octanol–water partition coefficient (Wildman–Crippen LogP) is 2.24. The van der Waals surface area contributed by atoms with Crippen molar-refractivity contribution in [3.8, 4) is 0 Å². The maximum atomic E-state index is 13.4. The molecular formula is C12H16FN3. The van der Waals surface area contributed by atoms with E-state index in [1.54, 1.807) is 6.07 Å². The molecule has 0 saturated heterocycles. The van der Waals surface area contributed by atoms with Gasteiger partial charge in [-0.25, -0.2) is 9.37 Å². The zero-order valence-electron chi connectivity index (χ0n) is 9.55. The molecular weight excluding hydrogens is 205 g/mol. The Morgan fingerprint density at radius 2 is 2.25 bits per heavy atom. The summed E-state index contributed by atoms with van der Waals surface area (Å²) in [6.45, 7) is 5.04. The molecule has 0 radical (unpaired) electrons. The molecule has 16 heavy (non-hydrogen) atoms. The minimum absolute atomic E-state index is 0.267. The second kappa shape index (κ2) is 4.61. The van der Waals surface area contributed by atoms with Crippen molar-refractivity contribution in [1.29, 1.82) is 0 Å². The highest BCUT2D eigenvalue weighted by atomic mass is 19.1. The molecule has 0 fully saturated rings. The van der Waals surface area contributed by atoms with Gasteiger partial charge in [0.1, 0.15) is 11.3 Å². The van der Waals surface area contributed by atoms with E-state index in [2.05, 4.69) is 29.1 Å². The van der Waals surface area contributed by atoms with Crippen LogP contribution in [0.15, 0.2) is 18.2 Å². The lowest BCUT2D eigenvalue weighted by Gasteiger charge is -2.05. The Morgan fingerprint density at radius 3 is 2.94 bits per heavy atom.